The van der Waals surface area contributed by atoms with Gasteiger partial charge in [-0.3, -0.25) is 4.68 Å². The van der Waals surface area contributed by atoms with Crippen molar-refractivity contribution in [3.05, 3.63) is 12.7 Å². The SMILES string of the molecule is CCS(=O)(=O)CCN(C)C(=O)NCCn1cncn1. The van der Waals surface area contributed by atoms with Gasteiger partial charge in [0.1, 0.15) is 12.7 Å². The van der Waals surface area contributed by atoms with Crippen molar-refractivity contribution in [1.29, 1.82) is 0 Å². The van der Waals surface area contributed by atoms with Crippen LogP contribution < -0.4 is 5.32 Å². The van der Waals surface area contributed by atoms with Crippen molar-refractivity contribution >= 4 is 15.9 Å². The summed E-state index contributed by atoms with van der Waals surface area (Å²) in [5.41, 5.74) is 0. The van der Waals surface area contributed by atoms with E-state index in [2.05, 4.69) is 15.4 Å². The number of nitrogens with one attached hydrogen (secondary N) is 1. The van der Waals surface area contributed by atoms with E-state index >= 15 is 0 Å². The lowest BCUT2D eigenvalue weighted by Crippen LogP contribution is -2.41. The molecule has 0 aliphatic heterocycles. The number of urea groups is 1. The van der Waals surface area contributed by atoms with E-state index in [-0.39, 0.29) is 24.1 Å². The molecule has 0 aliphatic rings. The standard InChI is InChI=1S/C10H19N5O3S/c1-3-19(17,18)7-6-14(2)10(16)12-4-5-15-9-11-8-13-15/h8-9H,3-7H2,1-2H3,(H,12,16). The smallest absolute Gasteiger partial charge is 0.317 e. The Labute approximate surface area is 112 Å². The van der Waals surface area contributed by atoms with E-state index in [1.165, 1.54) is 11.2 Å². The van der Waals surface area contributed by atoms with Crippen LogP contribution in [0.15, 0.2) is 12.7 Å². The van der Waals surface area contributed by atoms with Gasteiger partial charge < -0.3 is 10.2 Å². The third-order valence-electron chi connectivity index (χ3n) is 2.61. The lowest BCUT2D eigenvalue weighted by Gasteiger charge is -2.17. The van der Waals surface area contributed by atoms with Gasteiger partial charge in [0.25, 0.3) is 0 Å². The van der Waals surface area contributed by atoms with E-state index in [1.54, 1.807) is 25.0 Å². The number of sulfone groups is 1. The summed E-state index contributed by atoms with van der Waals surface area (Å²) in [6, 6.07) is -0.300. The maximum Gasteiger partial charge on any atom is 0.317 e. The number of rotatable bonds is 7. The second-order valence-electron chi connectivity index (χ2n) is 4.05. The van der Waals surface area contributed by atoms with E-state index in [0.717, 1.165) is 0 Å². The first-order chi connectivity index (χ1) is 8.94. The van der Waals surface area contributed by atoms with Gasteiger partial charge in [-0.25, -0.2) is 18.2 Å². The molecule has 0 aromatic carbocycles. The summed E-state index contributed by atoms with van der Waals surface area (Å²) in [4.78, 5) is 16.8. The zero-order valence-corrected chi connectivity index (χ0v) is 11.9. The van der Waals surface area contributed by atoms with Gasteiger partial charge in [0.05, 0.1) is 12.3 Å². The summed E-state index contributed by atoms with van der Waals surface area (Å²) in [6.07, 6.45) is 2.98. The van der Waals surface area contributed by atoms with E-state index in [4.69, 9.17) is 0 Å². The molecule has 1 rings (SSSR count). The van der Waals surface area contributed by atoms with Crippen LogP contribution in [-0.2, 0) is 16.4 Å². The molecule has 1 aromatic rings. The van der Waals surface area contributed by atoms with Crippen molar-refractivity contribution in [1.82, 2.24) is 25.0 Å². The molecule has 0 aliphatic carbocycles. The third-order valence-corrected chi connectivity index (χ3v) is 4.29. The molecule has 9 heteroatoms. The Morgan fingerprint density at radius 3 is 2.79 bits per heavy atom. The van der Waals surface area contributed by atoms with Crippen LogP contribution in [0, 0.1) is 0 Å². The minimum Gasteiger partial charge on any atom is -0.336 e. The normalized spacial score (nSPS) is 11.3. The van der Waals surface area contributed by atoms with Gasteiger partial charge in [-0.2, -0.15) is 5.10 Å². The Morgan fingerprint density at radius 1 is 1.47 bits per heavy atom. The number of nitrogens with zero attached hydrogens (tertiary/aromatic N) is 4. The zero-order chi connectivity index (χ0) is 14.3. The molecule has 19 heavy (non-hydrogen) atoms. The summed E-state index contributed by atoms with van der Waals surface area (Å²) < 4.78 is 24.2. The van der Waals surface area contributed by atoms with E-state index in [9.17, 15) is 13.2 Å². The predicted molar refractivity (Wildman–Crippen MR) is 70.4 cm³/mol. The second-order valence-corrected chi connectivity index (χ2v) is 6.52. The Kier molecular flexibility index (Phi) is 5.74. The molecule has 0 unspecified atom stereocenters. The Balaban J connectivity index is 2.25. The van der Waals surface area contributed by atoms with Crippen LogP contribution in [0.25, 0.3) is 0 Å². The molecular formula is C10H19N5O3S. The number of aromatic nitrogens is 3. The van der Waals surface area contributed by atoms with E-state index in [0.29, 0.717) is 13.1 Å². The monoisotopic (exact) mass is 289 g/mol. The van der Waals surface area contributed by atoms with Crippen LogP contribution in [0.1, 0.15) is 6.92 Å². The fourth-order valence-electron chi connectivity index (χ4n) is 1.28. The molecule has 1 aromatic heterocycles. The number of carbonyl (C=O) groups is 1. The van der Waals surface area contributed by atoms with Gasteiger partial charge in [-0.05, 0) is 0 Å². The fourth-order valence-corrected chi connectivity index (χ4v) is 2.12. The van der Waals surface area contributed by atoms with Crippen LogP contribution >= 0.6 is 0 Å². The van der Waals surface area contributed by atoms with Crippen molar-refractivity contribution in [2.45, 2.75) is 13.5 Å². The van der Waals surface area contributed by atoms with Crippen molar-refractivity contribution in [3.63, 3.8) is 0 Å². The van der Waals surface area contributed by atoms with Gasteiger partial charge in [-0.1, -0.05) is 6.92 Å². The summed E-state index contributed by atoms with van der Waals surface area (Å²) >= 11 is 0. The molecule has 1 heterocycles. The first-order valence-corrected chi connectivity index (χ1v) is 7.78. The molecule has 108 valence electrons. The zero-order valence-electron chi connectivity index (χ0n) is 11.1. The van der Waals surface area contributed by atoms with E-state index in [1.807, 2.05) is 0 Å². The molecule has 0 atom stereocenters. The Morgan fingerprint density at radius 2 is 2.21 bits per heavy atom. The first kappa shape index (κ1) is 15.4. The summed E-state index contributed by atoms with van der Waals surface area (Å²) in [7, 11) is -1.48. The van der Waals surface area contributed by atoms with Crippen molar-refractivity contribution in [2.75, 3.05) is 31.6 Å². The minimum atomic E-state index is -3.05. The average Bonchev–Trinajstić information content (AvgIpc) is 2.89. The van der Waals surface area contributed by atoms with Crippen LogP contribution in [-0.4, -0.2) is 65.8 Å². The molecule has 0 radical (unpaired) electrons. The number of hydrogen-bond acceptors (Lipinski definition) is 5. The molecule has 0 spiro atoms. The highest BCUT2D eigenvalue weighted by Gasteiger charge is 2.12. The molecule has 0 saturated carbocycles. The maximum absolute atomic E-state index is 11.7. The lowest BCUT2D eigenvalue weighted by molar-refractivity contribution is 0.210. The van der Waals surface area contributed by atoms with Crippen LogP contribution in [0.4, 0.5) is 4.79 Å². The van der Waals surface area contributed by atoms with Crippen LogP contribution in [0.2, 0.25) is 0 Å². The minimum absolute atomic E-state index is 0.0174. The second kappa shape index (κ2) is 7.07. The summed E-state index contributed by atoms with van der Waals surface area (Å²) in [5.74, 6) is 0.0747. The van der Waals surface area contributed by atoms with Gasteiger partial charge in [0.15, 0.2) is 9.84 Å². The third kappa shape index (κ3) is 5.69. The first-order valence-electron chi connectivity index (χ1n) is 5.96. The molecule has 0 fully saturated rings. The number of carbonyl (C=O) groups excluding carboxylic acids is 1. The molecular weight excluding hydrogens is 270 g/mol. The molecule has 1 N–H and O–H groups in total. The van der Waals surface area contributed by atoms with Gasteiger partial charge in [-0.15, -0.1) is 0 Å². The fraction of sp³-hybridized carbons (Fsp3) is 0.700. The average molecular weight is 289 g/mol. The Bertz CT molecular complexity index is 485. The maximum atomic E-state index is 11.7. The number of amides is 2. The topological polar surface area (TPSA) is 97.2 Å². The van der Waals surface area contributed by atoms with Gasteiger partial charge >= 0.3 is 6.03 Å². The van der Waals surface area contributed by atoms with Crippen LogP contribution in [0.3, 0.4) is 0 Å². The highest BCUT2D eigenvalue weighted by atomic mass is 32.2. The quantitative estimate of drug-likeness (QED) is 0.719. The van der Waals surface area contributed by atoms with Crippen molar-refractivity contribution < 1.29 is 13.2 Å². The molecule has 0 bridgehead atoms. The summed E-state index contributed by atoms with van der Waals surface area (Å²) in [6.45, 7) is 2.71. The highest BCUT2D eigenvalue weighted by molar-refractivity contribution is 7.91. The molecule has 0 saturated heterocycles. The molecule has 2 amide bonds. The molecule has 8 nitrogen and oxygen atoms in total. The highest BCUT2D eigenvalue weighted by Crippen LogP contribution is 1.92. The van der Waals surface area contributed by atoms with Crippen molar-refractivity contribution in [3.8, 4) is 0 Å². The predicted octanol–water partition coefficient (Wildman–Crippen LogP) is -0.646. The largest absolute Gasteiger partial charge is 0.336 e. The van der Waals surface area contributed by atoms with Gasteiger partial charge in [0, 0.05) is 25.9 Å². The van der Waals surface area contributed by atoms with Crippen molar-refractivity contribution in [2.24, 2.45) is 0 Å². The van der Waals surface area contributed by atoms with Crippen LogP contribution in [0.5, 0.6) is 0 Å². The number of hydrogen-bond donors (Lipinski definition) is 1. The van der Waals surface area contributed by atoms with E-state index < -0.39 is 9.84 Å². The lowest BCUT2D eigenvalue weighted by atomic mass is 10.6. The van der Waals surface area contributed by atoms with Gasteiger partial charge in [0.2, 0.25) is 0 Å². The Hall–Kier alpha value is -1.64. The summed E-state index contributed by atoms with van der Waals surface area (Å²) in [5, 5.41) is 6.58.